The summed E-state index contributed by atoms with van der Waals surface area (Å²) in [5.41, 5.74) is 3.00. The van der Waals surface area contributed by atoms with Gasteiger partial charge in [0.15, 0.2) is 0 Å². The molecule has 0 saturated heterocycles. The van der Waals surface area contributed by atoms with Gasteiger partial charge in [-0.1, -0.05) is 42.4 Å². The second-order valence-corrected chi connectivity index (χ2v) is 9.03. The quantitative estimate of drug-likeness (QED) is 0.415. The Bertz CT molecular complexity index is 1220. The average molecular weight is 529 g/mol. The first-order valence-corrected chi connectivity index (χ1v) is 11.4. The predicted molar refractivity (Wildman–Crippen MR) is 129 cm³/mol. The number of nitrogens with zero attached hydrogens (tertiary/aromatic N) is 2. The molecule has 0 aliphatic carbocycles. The number of halogens is 3. The highest BCUT2D eigenvalue weighted by Gasteiger charge is 2.38. The van der Waals surface area contributed by atoms with Crippen molar-refractivity contribution in [2.75, 3.05) is 0 Å². The van der Waals surface area contributed by atoms with Gasteiger partial charge in [0.05, 0.1) is 28.0 Å². The van der Waals surface area contributed by atoms with Gasteiger partial charge in [0, 0.05) is 23.6 Å². The zero-order valence-electron chi connectivity index (χ0n) is 17.5. The van der Waals surface area contributed by atoms with Crippen molar-refractivity contribution in [2.45, 2.75) is 25.4 Å². The molecule has 0 bridgehead atoms. The van der Waals surface area contributed by atoms with Crippen molar-refractivity contribution in [1.82, 2.24) is 15.2 Å². The third-order valence-electron chi connectivity index (χ3n) is 5.49. The van der Waals surface area contributed by atoms with Crippen molar-refractivity contribution in [3.05, 3.63) is 105 Å². The molecular weight excluding hydrogens is 509 g/mol. The van der Waals surface area contributed by atoms with Crippen LogP contribution in [0.2, 0.25) is 5.02 Å². The molecule has 5 nitrogen and oxygen atoms in total. The van der Waals surface area contributed by atoms with Gasteiger partial charge in [-0.25, -0.2) is 4.39 Å². The average Bonchev–Trinajstić information content (AvgIpc) is 3.06. The van der Waals surface area contributed by atoms with Crippen LogP contribution in [-0.2, 0) is 11.3 Å². The Balaban J connectivity index is 1.49. The molecule has 0 saturated carbocycles. The Hall–Kier alpha value is -3.03. The minimum atomic E-state index is -0.341. The van der Waals surface area contributed by atoms with E-state index in [1.54, 1.807) is 41.4 Å². The maximum atomic E-state index is 13.3. The predicted octanol–water partition coefficient (Wildman–Crippen LogP) is 5.90. The molecule has 0 spiro atoms. The highest BCUT2D eigenvalue weighted by molar-refractivity contribution is 9.10. The van der Waals surface area contributed by atoms with E-state index in [1.165, 1.54) is 12.1 Å². The summed E-state index contributed by atoms with van der Waals surface area (Å²) in [5.74, 6) is -0.769. The van der Waals surface area contributed by atoms with Crippen molar-refractivity contribution < 1.29 is 14.0 Å². The fraction of sp³-hybridized carbons (Fsp3) is 0.160. The third-order valence-corrected chi connectivity index (χ3v) is 6.28. The third kappa shape index (κ3) is 5.15. The van der Waals surface area contributed by atoms with Crippen LogP contribution in [0.15, 0.2) is 71.8 Å². The monoisotopic (exact) mass is 527 g/mol. The van der Waals surface area contributed by atoms with Crippen molar-refractivity contribution >= 4 is 45.0 Å². The molecule has 168 valence electrons. The van der Waals surface area contributed by atoms with Crippen LogP contribution in [0.25, 0.3) is 5.70 Å². The lowest BCUT2D eigenvalue weighted by atomic mass is 10.00. The smallest absolute Gasteiger partial charge is 0.256 e. The SMILES string of the molecule is C=C(NC(=O)CCC1c2cccc(Cl)c2C(=O)N1Cc1ccc(F)cc1)c1ccc(Br)cn1. The Labute approximate surface area is 204 Å². The van der Waals surface area contributed by atoms with Crippen LogP contribution >= 0.6 is 27.5 Å². The van der Waals surface area contributed by atoms with Crippen LogP contribution in [0.5, 0.6) is 0 Å². The van der Waals surface area contributed by atoms with Crippen molar-refractivity contribution in [1.29, 1.82) is 0 Å². The first-order valence-electron chi connectivity index (χ1n) is 10.3. The number of carbonyl (C=O) groups excluding carboxylic acids is 2. The van der Waals surface area contributed by atoms with Crippen LogP contribution in [0.1, 0.15) is 46.1 Å². The van der Waals surface area contributed by atoms with Gasteiger partial charge < -0.3 is 10.2 Å². The summed E-state index contributed by atoms with van der Waals surface area (Å²) >= 11 is 9.66. The summed E-state index contributed by atoms with van der Waals surface area (Å²) in [6.07, 6.45) is 2.19. The zero-order valence-corrected chi connectivity index (χ0v) is 19.9. The van der Waals surface area contributed by atoms with Gasteiger partial charge in [-0.15, -0.1) is 0 Å². The largest absolute Gasteiger partial charge is 0.327 e. The summed E-state index contributed by atoms with van der Waals surface area (Å²) in [6.45, 7) is 4.17. The van der Waals surface area contributed by atoms with E-state index >= 15 is 0 Å². The number of aromatic nitrogens is 1. The van der Waals surface area contributed by atoms with Gasteiger partial charge >= 0.3 is 0 Å². The van der Waals surface area contributed by atoms with E-state index < -0.39 is 0 Å². The number of carbonyl (C=O) groups is 2. The van der Waals surface area contributed by atoms with Crippen LogP contribution in [0.4, 0.5) is 4.39 Å². The lowest BCUT2D eigenvalue weighted by Crippen LogP contribution is -2.29. The molecular formula is C25H20BrClFN3O2. The lowest BCUT2D eigenvalue weighted by Gasteiger charge is -2.25. The topological polar surface area (TPSA) is 62.3 Å². The number of nitrogens with one attached hydrogen (secondary N) is 1. The van der Waals surface area contributed by atoms with Gasteiger partial charge in [0.1, 0.15) is 5.82 Å². The number of hydrogen-bond donors (Lipinski definition) is 1. The fourth-order valence-corrected chi connectivity index (χ4v) is 4.39. The van der Waals surface area contributed by atoms with Crippen LogP contribution in [0, 0.1) is 5.82 Å². The standard InChI is InChI=1S/C25H20BrClFN3O2/c1-15(21-10-7-17(26)13-29-21)30-23(32)12-11-22-19-3-2-4-20(27)24(19)25(33)31(22)14-16-5-8-18(28)9-6-16/h2-10,13,22H,1,11-12,14H2,(H,30,32). The van der Waals surface area contributed by atoms with Gasteiger partial charge in [0.25, 0.3) is 5.91 Å². The van der Waals surface area contributed by atoms with E-state index in [1.807, 2.05) is 12.1 Å². The maximum Gasteiger partial charge on any atom is 0.256 e. The Kier molecular flexibility index (Phi) is 6.91. The van der Waals surface area contributed by atoms with Crippen LogP contribution < -0.4 is 5.32 Å². The van der Waals surface area contributed by atoms with E-state index in [-0.39, 0.29) is 36.6 Å². The number of rotatable bonds is 7. The molecule has 2 amide bonds. The number of amides is 2. The van der Waals surface area contributed by atoms with Crippen molar-refractivity contribution in [2.24, 2.45) is 0 Å². The van der Waals surface area contributed by atoms with E-state index in [2.05, 4.69) is 32.8 Å². The Morgan fingerprint density at radius 3 is 2.64 bits per heavy atom. The molecule has 0 fully saturated rings. The summed E-state index contributed by atoms with van der Waals surface area (Å²) in [4.78, 5) is 31.7. The first-order chi connectivity index (χ1) is 15.8. The van der Waals surface area contributed by atoms with Crippen molar-refractivity contribution in [3.63, 3.8) is 0 Å². The maximum absolute atomic E-state index is 13.3. The molecule has 1 aromatic heterocycles. The molecule has 1 atom stereocenters. The number of fused-ring (bicyclic) bond motifs is 1. The minimum absolute atomic E-state index is 0.166. The van der Waals surface area contributed by atoms with E-state index in [4.69, 9.17) is 11.6 Å². The molecule has 4 rings (SSSR count). The first kappa shape index (κ1) is 23.1. The molecule has 2 heterocycles. The molecule has 0 radical (unpaired) electrons. The summed E-state index contributed by atoms with van der Waals surface area (Å²) < 4.78 is 14.1. The molecule has 3 aromatic rings. The van der Waals surface area contributed by atoms with Gasteiger partial charge in [0.2, 0.25) is 5.91 Å². The summed E-state index contributed by atoms with van der Waals surface area (Å²) in [7, 11) is 0. The van der Waals surface area contributed by atoms with Crippen molar-refractivity contribution in [3.8, 4) is 0 Å². The lowest BCUT2D eigenvalue weighted by molar-refractivity contribution is -0.120. The number of hydrogen-bond acceptors (Lipinski definition) is 3. The molecule has 1 aliphatic rings. The molecule has 33 heavy (non-hydrogen) atoms. The van der Waals surface area contributed by atoms with Gasteiger partial charge in [-0.05, 0) is 63.8 Å². The van der Waals surface area contributed by atoms with Crippen LogP contribution in [0.3, 0.4) is 0 Å². The molecule has 1 aliphatic heterocycles. The second-order valence-electron chi connectivity index (χ2n) is 7.71. The van der Waals surface area contributed by atoms with E-state index in [0.717, 1.165) is 15.6 Å². The highest BCUT2D eigenvalue weighted by Crippen LogP contribution is 2.40. The number of pyridine rings is 1. The Morgan fingerprint density at radius 2 is 1.94 bits per heavy atom. The minimum Gasteiger partial charge on any atom is -0.327 e. The summed E-state index contributed by atoms with van der Waals surface area (Å²) in [6, 6.07) is 14.6. The molecule has 2 aromatic carbocycles. The zero-order chi connectivity index (χ0) is 23.5. The van der Waals surface area contributed by atoms with E-state index in [0.29, 0.717) is 28.4 Å². The number of benzene rings is 2. The Morgan fingerprint density at radius 1 is 1.18 bits per heavy atom. The van der Waals surface area contributed by atoms with Gasteiger partial charge in [-0.2, -0.15) is 0 Å². The molecule has 8 heteroatoms. The van der Waals surface area contributed by atoms with E-state index in [9.17, 15) is 14.0 Å². The molecule has 1 N–H and O–H groups in total. The summed E-state index contributed by atoms with van der Waals surface area (Å²) in [5, 5.41) is 3.15. The second kappa shape index (κ2) is 9.85. The fourth-order valence-electron chi connectivity index (χ4n) is 3.89. The highest BCUT2D eigenvalue weighted by atomic mass is 79.9. The van der Waals surface area contributed by atoms with Gasteiger partial charge in [-0.3, -0.25) is 14.6 Å². The van der Waals surface area contributed by atoms with Crippen LogP contribution in [-0.4, -0.2) is 21.7 Å². The normalized spacial score (nSPS) is 14.8. The molecule has 1 unspecified atom stereocenters.